The summed E-state index contributed by atoms with van der Waals surface area (Å²) in [6.07, 6.45) is 8.69. The van der Waals surface area contributed by atoms with E-state index in [2.05, 4.69) is 17.6 Å². The van der Waals surface area contributed by atoms with Gasteiger partial charge in [0.1, 0.15) is 0 Å². The van der Waals surface area contributed by atoms with E-state index in [9.17, 15) is 0 Å². The molecule has 1 saturated carbocycles. The Morgan fingerprint density at radius 2 is 2.00 bits per heavy atom. The Hall–Kier alpha value is -0.460. The van der Waals surface area contributed by atoms with Crippen LogP contribution in [0.2, 0.25) is 0 Å². The normalized spacial score (nSPS) is 24.6. The van der Waals surface area contributed by atoms with Gasteiger partial charge in [-0.25, -0.2) is 0 Å². The van der Waals surface area contributed by atoms with Crippen LogP contribution < -0.4 is 5.32 Å². The van der Waals surface area contributed by atoms with E-state index in [1.165, 1.54) is 25.8 Å². The highest BCUT2D eigenvalue weighted by Crippen LogP contribution is 2.43. The SMILES string of the molecule is C1=CC2(CCC2)CN1.CC. The first-order chi connectivity index (χ1) is 4.91. The summed E-state index contributed by atoms with van der Waals surface area (Å²) >= 11 is 0. The van der Waals surface area contributed by atoms with Crippen LogP contribution in [0.5, 0.6) is 0 Å². The summed E-state index contributed by atoms with van der Waals surface area (Å²) in [5.41, 5.74) is 0.625. The van der Waals surface area contributed by atoms with Gasteiger partial charge in [-0.2, -0.15) is 0 Å². The molecule has 0 aromatic carbocycles. The lowest BCUT2D eigenvalue weighted by atomic mass is 9.70. The smallest absolute Gasteiger partial charge is 0.0233 e. The molecule has 0 atom stereocenters. The molecule has 10 heavy (non-hydrogen) atoms. The molecule has 1 heteroatoms. The lowest BCUT2D eigenvalue weighted by molar-refractivity contribution is 0.219. The molecule has 0 unspecified atom stereocenters. The van der Waals surface area contributed by atoms with Crippen molar-refractivity contribution in [3.63, 3.8) is 0 Å². The van der Waals surface area contributed by atoms with Gasteiger partial charge in [0, 0.05) is 12.0 Å². The van der Waals surface area contributed by atoms with Gasteiger partial charge in [0.05, 0.1) is 0 Å². The van der Waals surface area contributed by atoms with E-state index < -0.39 is 0 Å². The number of rotatable bonds is 0. The second-order valence-corrected chi connectivity index (χ2v) is 2.93. The quantitative estimate of drug-likeness (QED) is 0.543. The molecule has 0 bridgehead atoms. The Balaban J connectivity index is 0.000000231. The van der Waals surface area contributed by atoms with Gasteiger partial charge >= 0.3 is 0 Å². The fraction of sp³-hybridized carbons (Fsp3) is 0.778. The van der Waals surface area contributed by atoms with Gasteiger partial charge < -0.3 is 5.32 Å². The summed E-state index contributed by atoms with van der Waals surface area (Å²) in [4.78, 5) is 0. The summed E-state index contributed by atoms with van der Waals surface area (Å²) in [6.45, 7) is 5.20. The van der Waals surface area contributed by atoms with Gasteiger partial charge in [-0.05, 0) is 19.0 Å². The van der Waals surface area contributed by atoms with E-state index in [0.717, 1.165) is 0 Å². The van der Waals surface area contributed by atoms with E-state index in [1.807, 2.05) is 13.8 Å². The number of nitrogens with one attached hydrogen (secondary N) is 1. The maximum atomic E-state index is 3.23. The maximum Gasteiger partial charge on any atom is 0.0233 e. The molecule has 1 nitrogen and oxygen atoms in total. The highest BCUT2D eigenvalue weighted by molar-refractivity contribution is 5.10. The van der Waals surface area contributed by atoms with E-state index >= 15 is 0 Å². The van der Waals surface area contributed by atoms with Crippen molar-refractivity contribution in [1.82, 2.24) is 5.32 Å². The Morgan fingerprint density at radius 3 is 2.20 bits per heavy atom. The zero-order chi connectivity index (χ0) is 7.45. The summed E-state index contributed by atoms with van der Waals surface area (Å²) < 4.78 is 0. The van der Waals surface area contributed by atoms with Crippen molar-refractivity contribution in [2.24, 2.45) is 5.41 Å². The molecule has 1 fully saturated rings. The number of hydrogen-bond donors (Lipinski definition) is 1. The van der Waals surface area contributed by atoms with Crippen LogP contribution in [0.1, 0.15) is 33.1 Å². The minimum atomic E-state index is 0.625. The van der Waals surface area contributed by atoms with Crippen LogP contribution in [-0.4, -0.2) is 6.54 Å². The number of hydrogen-bond acceptors (Lipinski definition) is 1. The van der Waals surface area contributed by atoms with Crippen LogP contribution in [0.25, 0.3) is 0 Å². The van der Waals surface area contributed by atoms with Crippen molar-refractivity contribution >= 4 is 0 Å². The average molecular weight is 139 g/mol. The predicted molar refractivity (Wildman–Crippen MR) is 44.8 cm³/mol. The van der Waals surface area contributed by atoms with Gasteiger partial charge in [-0.15, -0.1) is 0 Å². The monoisotopic (exact) mass is 139 g/mol. The maximum absolute atomic E-state index is 3.23. The zero-order valence-electron chi connectivity index (χ0n) is 6.98. The van der Waals surface area contributed by atoms with Gasteiger partial charge in [-0.1, -0.05) is 26.3 Å². The molecule has 0 aromatic rings. The third kappa shape index (κ3) is 1.18. The molecule has 1 heterocycles. The van der Waals surface area contributed by atoms with Crippen molar-refractivity contribution in [2.45, 2.75) is 33.1 Å². The minimum Gasteiger partial charge on any atom is -0.390 e. The largest absolute Gasteiger partial charge is 0.390 e. The highest BCUT2D eigenvalue weighted by Gasteiger charge is 2.35. The summed E-state index contributed by atoms with van der Waals surface area (Å²) in [7, 11) is 0. The molecular weight excluding hydrogens is 122 g/mol. The molecule has 1 N–H and O–H groups in total. The first-order valence-electron chi connectivity index (χ1n) is 4.32. The highest BCUT2D eigenvalue weighted by atomic mass is 14.9. The van der Waals surface area contributed by atoms with Gasteiger partial charge in [0.2, 0.25) is 0 Å². The van der Waals surface area contributed by atoms with Crippen LogP contribution in [-0.2, 0) is 0 Å². The van der Waals surface area contributed by atoms with E-state index in [-0.39, 0.29) is 0 Å². The first-order valence-corrected chi connectivity index (χ1v) is 4.32. The summed E-state index contributed by atoms with van der Waals surface area (Å²) in [6, 6.07) is 0. The van der Waals surface area contributed by atoms with Crippen molar-refractivity contribution in [3.05, 3.63) is 12.3 Å². The topological polar surface area (TPSA) is 12.0 Å². The van der Waals surface area contributed by atoms with Crippen LogP contribution in [0, 0.1) is 5.41 Å². The van der Waals surface area contributed by atoms with E-state index in [4.69, 9.17) is 0 Å². The first kappa shape index (κ1) is 7.64. The molecule has 58 valence electrons. The average Bonchev–Trinajstić information content (AvgIpc) is 2.38. The second-order valence-electron chi connectivity index (χ2n) is 2.93. The molecule has 0 amide bonds. The zero-order valence-corrected chi connectivity index (χ0v) is 6.98. The Labute approximate surface area is 63.5 Å². The van der Waals surface area contributed by atoms with Crippen molar-refractivity contribution in [2.75, 3.05) is 6.54 Å². The minimum absolute atomic E-state index is 0.625. The van der Waals surface area contributed by atoms with Crippen molar-refractivity contribution in [1.29, 1.82) is 0 Å². The van der Waals surface area contributed by atoms with E-state index in [1.54, 1.807) is 0 Å². The van der Waals surface area contributed by atoms with Gasteiger partial charge in [-0.3, -0.25) is 0 Å². The summed E-state index contributed by atoms with van der Waals surface area (Å²) in [5, 5.41) is 3.23. The summed E-state index contributed by atoms with van der Waals surface area (Å²) in [5.74, 6) is 0. The lowest BCUT2D eigenvalue weighted by Crippen LogP contribution is -2.31. The van der Waals surface area contributed by atoms with Crippen LogP contribution in [0.3, 0.4) is 0 Å². The fourth-order valence-electron chi connectivity index (χ4n) is 1.53. The Morgan fingerprint density at radius 1 is 1.30 bits per heavy atom. The second kappa shape index (κ2) is 3.09. The molecule has 0 aromatic heterocycles. The lowest BCUT2D eigenvalue weighted by Gasteiger charge is -2.35. The van der Waals surface area contributed by atoms with Crippen LogP contribution in [0.4, 0.5) is 0 Å². The molecule has 0 saturated heterocycles. The van der Waals surface area contributed by atoms with Crippen LogP contribution >= 0.6 is 0 Å². The Kier molecular flexibility index (Phi) is 2.36. The Bertz CT molecular complexity index is 123. The standard InChI is InChI=1S/C7H11N.C2H6/c1-2-7(3-1)4-5-8-6-7;1-2/h4-5,8H,1-3,6H2;1-2H3. The third-order valence-corrected chi connectivity index (χ3v) is 2.36. The molecule has 0 radical (unpaired) electrons. The van der Waals surface area contributed by atoms with Gasteiger partial charge in [0.25, 0.3) is 0 Å². The predicted octanol–water partition coefficient (Wildman–Crippen LogP) is 2.30. The molecular formula is C9H17N. The van der Waals surface area contributed by atoms with Crippen LogP contribution in [0.15, 0.2) is 12.3 Å². The molecule has 1 spiro atoms. The van der Waals surface area contributed by atoms with Crippen molar-refractivity contribution in [3.8, 4) is 0 Å². The van der Waals surface area contributed by atoms with Crippen molar-refractivity contribution < 1.29 is 0 Å². The molecule has 2 aliphatic rings. The molecule has 1 aliphatic carbocycles. The third-order valence-electron chi connectivity index (χ3n) is 2.36. The van der Waals surface area contributed by atoms with Gasteiger partial charge in [0.15, 0.2) is 0 Å². The van der Waals surface area contributed by atoms with E-state index in [0.29, 0.717) is 5.41 Å². The fourth-order valence-corrected chi connectivity index (χ4v) is 1.53. The molecule has 2 rings (SSSR count). The molecule has 1 aliphatic heterocycles.